The molecule has 1 fully saturated rings. The van der Waals surface area contributed by atoms with Gasteiger partial charge in [-0.3, -0.25) is 25.0 Å². The molecule has 16 heteroatoms. The van der Waals surface area contributed by atoms with E-state index in [4.69, 9.17) is 20.5 Å². The normalized spacial score (nSPS) is 15.3. The highest BCUT2D eigenvalue weighted by atomic mass is 35.5. The summed E-state index contributed by atoms with van der Waals surface area (Å²) in [5.41, 5.74) is 0.222. The highest BCUT2D eigenvalue weighted by molar-refractivity contribution is 8.18. The van der Waals surface area contributed by atoms with E-state index in [1.165, 1.54) is 43.5 Å². The molecule has 1 aliphatic rings. The van der Waals surface area contributed by atoms with Crippen molar-refractivity contribution in [3.63, 3.8) is 0 Å². The summed E-state index contributed by atoms with van der Waals surface area (Å²) in [5.74, 6) is -0.557. The largest absolute Gasteiger partial charge is 0.493 e. The van der Waals surface area contributed by atoms with E-state index in [1.54, 1.807) is 0 Å². The molecule has 0 unspecified atom stereocenters. The molecular weight excluding hydrogens is 576 g/mol. The predicted molar refractivity (Wildman–Crippen MR) is 143 cm³/mol. The Kier molecular flexibility index (Phi) is 7.85. The Labute approximate surface area is 229 Å². The van der Waals surface area contributed by atoms with Crippen LogP contribution in [0.15, 0.2) is 75.5 Å². The molecule has 0 aliphatic carbocycles. The molecule has 200 valence electrons. The van der Waals surface area contributed by atoms with Gasteiger partial charge in [0.15, 0.2) is 16.7 Å². The zero-order chi connectivity index (χ0) is 28.3. The molecule has 0 atom stereocenters. The lowest BCUT2D eigenvalue weighted by molar-refractivity contribution is -0.385. The van der Waals surface area contributed by atoms with Crippen molar-refractivity contribution in [1.29, 1.82) is 0 Å². The molecule has 0 bridgehead atoms. The molecule has 3 aromatic rings. The number of thioether (sulfide) groups is 1. The smallest absolute Gasteiger partial charge is 0.339 e. The Morgan fingerprint density at radius 2 is 1.64 bits per heavy atom. The van der Waals surface area contributed by atoms with E-state index in [0.29, 0.717) is 5.56 Å². The van der Waals surface area contributed by atoms with Crippen molar-refractivity contribution in [2.24, 2.45) is 4.99 Å². The summed E-state index contributed by atoms with van der Waals surface area (Å²) in [7, 11) is -3.03. The van der Waals surface area contributed by atoms with Crippen LogP contribution in [0.3, 0.4) is 0 Å². The van der Waals surface area contributed by atoms with Gasteiger partial charge in [-0.15, -0.1) is 0 Å². The third-order valence-electron chi connectivity index (χ3n) is 5.04. The Morgan fingerprint density at radius 1 is 0.974 bits per heavy atom. The molecule has 39 heavy (non-hydrogen) atoms. The van der Waals surface area contributed by atoms with E-state index < -0.39 is 25.9 Å². The number of nitro groups is 2. The number of carbonyl (C=O) groups is 1. The fraction of sp³-hybridized carbons (Fsp3) is 0.0435. The van der Waals surface area contributed by atoms with Gasteiger partial charge < -0.3 is 14.2 Å². The van der Waals surface area contributed by atoms with E-state index in [1.807, 2.05) is 0 Å². The lowest BCUT2D eigenvalue weighted by atomic mass is 10.2. The van der Waals surface area contributed by atoms with E-state index in [0.717, 1.165) is 42.1 Å². The zero-order valence-corrected chi connectivity index (χ0v) is 22.0. The monoisotopic (exact) mass is 590 g/mol. The van der Waals surface area contributed by atoms with Crippen molar-refractivity contribution in [3.8, 4) is 11.5 Å². The summed E-state index contributed by atoms with van der Waals surface area (Å²) in [4.78, 5) is 37.1. The number of nitrogens with zero attached hydrogens (tertiary/aromatic N) is 3. The molecular formula is C23H15ClN4O9S2. The van der Waals surface area contributed by atoms with Gasteiger partial charge in [-0.2, -0.15) is 8.42 Å². The van der Waals surface area contributed by atoms with Crippen LogP contribution in [0.25, 0.3) is 6.08 Å². The number of benzene rings is 3. The number of amidine groups is 1. The Balaban J connectivity index is 1.54. The van der Waals surface area contributed by atoms with Crippen molar-refractivity contribution >= 4 is 67.7 Å². The average Bonchev–Trinajstić information content (AvgIpc) is 3.24. The Bertz CT molecular complexity index is 1670. The van der Waals surface area contributed by atoms with Gasteiger partial charge in [-0.25, -0.2) is 4.99 Å². The van der Waals surface area contributed by atoms with E-state index in [2.05, 4.69) is 10.3 Å². The predicted octanol–water partition coefficient (Wildman–Crippen LogP) is 4.82. The van der Waals surface area contributed by atoms with Gasteiger partial charge >= 0.3 is 10.1 Å². The van der Waals surface area contributed by atoms with Crippen LogP contribution in [-0.2, 0) is 14.9 Å². The summed E-state index contributed by atoms with van der Waals surface area (Å²) < 4.78 is 35.7. The molecule has 0 aromatic heterocycles. The number of non-ortho nitro benzene ring substituents is 2. The van der Waals surface area contributed by atoms with Crippen LogP contribution in [0.2, 0.25) is 5.02 Å². The molecule has 1 saturated heterocycles. The molecule has 0 spiro atoms. The number of nitro benzene ring substituents is 2. The minimum atomic E-state index is -4.33. The highest BCUT2D eigenvalue weighted by Crippen LogP contribution is 2.35. The molecule has 1 aliphatic heterocycles. The highest BCUT2D eigenvalue weighted by Gasteiger charge is 2.25. The maximum Gasteiger partial charge on any atom is 0.339 e. The molecule has 4 rings (SSSR count). The number of rotatable bonds is 8. The number of hydrogen-bond donors (Lipinski definition) is 1. The SMILES string of the molecule is COc1cc(/C=C2/SC(=Nc3ccc([N+](=O)[O-])cc3Cl)NC2=O)ccc1OS(=O)(=O)c1ccc([N+](=O)[O-])cc1. The second kappa shape index (κ2) is 11.1. The molecule has 13 nitrogen and oxygen atoms in total. The zero-order valence-electron chi connectivity index (χ0n) is 19.6. The number of ether oxygens (including phenoxy) is 1. The minimum Gasteiger partial charge on any atom is -0.493 e. The van der Waals surface area contributed by atoms with Gasteiger partial charge in [0.25, 0.3) is 17.3 Å². The van der Waals surface area contributed by atoms with Gasteiger partial charge in [0.2, 0.25) is 0 Å². The molecule has 1 N–H and O–H groups in total. The lowest BCUT2D eigenvalue weighted by Gasteiger charge is -2.11. The van der Waals surface area contributed by atoms with Crippen LogP contribution in [0.4, 0.5) is 17.1 Å². The van der Waals surface area contributed by atoms with Crippen molar-refractivity contribution in [2.75, 3.05) is 7.11 Å². The topological polar surface area (TPSA) is 180 Å². The maximum atomic E-state index is 12.6. The number of methoxy groups -OCH3 is 1. The van der Waals surface area contributed by atoms with Gasteiger partial charge in [0, 0.05) is 24.3 Å². The fourth-order valence-corrected chi connectivity index (χ4v) is 5.18. The number of nitrogens with one attached hydrogen (secondary N) is 1. The van der Waals surface area contributed by atoms with Gasteiger partial charge in [-0.1, -0.05) is 17.7 Å². The number of carbonyl (C=O) groups excluding carboxylic acids is 1. The summed E-state index contributed by atoms with van der Waals surface area (Å²) in [6.45, 7) is 0. The maximum absolute atomic E-state index is 12.6. The molecule has 0 saturated carbocycles. The third-order valence-corrected chi connectivity index (χ3v) is 7.50. The first-order valence-corrected chi connectivity index (χ1v) is 13.2. The third kappa shape index (κ3) is 6.34. The first-order chi connectivity index (χ1) is 18.5. The number of hydrogen-bond acceptors (Lipinski definition) is 11. The second-order valence-corrected chi connectivity index (χ2v) is 10.6. The standard InChI is InChI=1S/C23H15ClN4O9S2/c1-36-20-10-13(2-9-19(20)37-39(34,35)16-6-3-14(4-7-16)27(30)31)11-21-22(29)26-23(38-21)25-18-8-5-15(28(32)33)12-17(18)24/h2-12H,1H3,(H,25,26,29)/b21-11+. The van der Waals surface area contributed by atoms with Gasteiger partial charge in [0.1, 0.15) is 4.90 Å². The summed E-state index contributed by atoms with van der Waals surface area (Å²) in [5, 5.41) is 24.5. The number of aliphatic imine (C=N–C) groups is 1. The van der Waals surface area contributed by atoms with E-state index >= 15 is 0 Å². The second-order valence-electron chi connectivity index (χ2n) is 7.57. The molecule has 0 radical (unpaired) electrons. The van der Waals surface area contributed by atoms with Crippen LogP contribution in [-0.4, -0.2) is 36.4 Å². The van der Waals surface area contributed by atoms with Crippen LogP contribution in [0.1, 0.15) is 5.56 Å². The van der Waals surface area contributed by atoms with E-state index in [-0.39, 0.29) is 48.6 Å². The summed E-state index contributed by atoms with van der Waals surface area (Å²) in [6.07, 6.45) is 1.51. The van der Waals surface area contributed by atoms with Crippen LogP contribution in [0, 0.1) is 20.2 Å². The van der Waals surface area contributed by atoms with Crippen LogP contribution >= 0.6 is 23.4 Å². The fourth-order valence-electron chi connectivity index (χ4n) is 3.18. The average molecular weight is 591 g/mol. The molecule has 3 aromatic carbocycles. The number of amides is 1. The van der Waals surface area contributed by atoms with E-state index in [9.17, 15) is 33.4 Å². The van der Waals surface area contributed by atoms with Crippen LogP contribution < -0.4 is 14.2 Å². The molecule has 1 amide bonds. The van der Waals surface area contributed by atoms with Crippen molar-refractivity contribution in [2.45, 2.75) is 4.90 Å². The first kappa shape index (κ1) is 27.6. The first-order valence-electron chi connectivity index (χ1n) is 10.6. The number of halogens is 1. The Hall–Kier alpha value is -4.47. The van der Waals surface area contributed by atoms with Crippen molar-refractivity contribution in [3.05, 3.63) is 96.4 Å². The lowest BCUT2D eigenvalue weighted by Crippen LogP contribution is -2.19. The molecule has 1 heterocycles. The quantitative estimate of drug-likeness (QED) is 0.165. The summed E-state index contributed by atoms with van der Waals surface area (Å²) in [6, 6.07) is 12.2. The van der Waals surface area contributed by atoms with Gasteiger partial charge in [-0.05, 0) is 53.7 Å². The minimum absolute atomic E-state index is 0.0352. The van der Waals surface area contributed by atoms with Gasteiger partial charge in [0.05, 0.1) is 32.6 Å². The summed E-state index contributed by atoms with van der Waals surface area (Å²) >= 11 is 7.06. The Morgan fingerprint density at radius 3 is 2.26 bits per heavy atom. The van der Waals surface area contributed by atoms with Crippen molar-refractivity contribution in [1.82, 2.24) is 5.32 Å². The van der Waals surface area contributed by atoms with Crippen LogP contribution in [0.5, 0.6) is 11.5 Å². The van der Waals surface area contributed by atoms with Crippen molar-refractivity contribution < 1.29 is 32.0 Å².